The zero-order valence-electron chi connectivity index (χ0n) is 21.6. The topological polar surface area (TPSA) is 101 Å². The van der Waals surface area contributed by atoms with Crippen LogP contribution in [0.1, 0.15) is 64.9 Å². The van der Waals surface area contributed by atoms with E-state index in [0.717, 1.165) is 0 Å². The van der Waals surface area contributed by atoms with Crippen LogP contribution in [-0.4, -0.2) is 41.5 Å². The fourth-order valence-electron chi connectivity index (χ4n) is 3.49. The predicted octanol–water partition coefficient (Wildman–Crippen LogP) is 5.18. The SMILES string of the molecule is CCOc1ccnc(C(=O)C[C@@H](C)C(=O)O[C@@H](C)[C@@H](CC(C)C)Oc2cccc(F)c2)c1OC(C)=O. The molecule has 0 unspecified atom stereocenters. The third-order valence-corrected chi connectivity index (χ3v) is 5.18. The molecule has 0 fully saturated rings. The Hall–Kier alpha value is -3.49. The molecule has 1 heterocycles. The highest BCUT2D eigenvalue weighted by molar-refractivity contribution is 5.99. The van der Waals surface area contributed by atoms with Gasteiger partial charge in [0.2, 0.25) is 5.75 Å². The van der Waals surface area contributed by atoms with Gasteiger partial charge in [-0.3, -0.25) is 14.4 Å². The largest absolute Gasteiger partial charge is 0.490 e. The monoisotopic (exact) mass is 503 g/mol. The lowest BCUT2D eigenvalue weighted by Crippen LogP contribution is -2.36. The van der Waals surface area contributed by atoms with Crippen LogP contribution >= 0.6 is 0 Å². The Kier molecular flexibility index (Phi) is 10.8. The summed E-state index contributed by atoms with van der Waals surface area (Å²) in [6.07, 6.45) is 0.548. The first-order valence-electron chi connectivity index (χ1n) is 12.0. The van der Waals surface area contributed by atoms with Crippen LogP contribution in [0.2, 0.25) is 0 Å². The maximum atomic E-state index is 13.6. The fraction of sp³-hybridized carbons (Fsp3) is 0.481. The molecule has 3 atom stereocenters. The number of esters is 2. The molecule has 0 aliphatic rings. The Morgan fingerprint density at radius 1 is 1.08 bits per heavy atom. The van der Waals surface area contributed by atoms with Gasteiger partial charge >= 0.3 is 11.9 Å². The molecule has 36 heavy (non-hydrogen) atoms. The van der Waals surface area contributed by atoms with Crippen molar-refractivity contribution in [1.82, 2.24) is 4.98 Å². The molecule has 0 bridgehead atoms. The molecule has 0 aliphatic heterocycles. The minimum absolute atomic E-state index is 0.0775. The molecule has 2 rings (SSSR count). The normalized spacial score (nSPS) is 13.4. The Morgan fingerprint density at radius 2 is 1.81 bits per heavy atom. The molecule has 0 spiro atoms. The van der Waals surface area contributed by atoms with Gasteiger partial charge in [-0.2, -0.15) is 0 Å². The Balaban J connectivity index is 2.11. The van der Waals surface area contributed by atoms with Crippen molar-refractivity contribution in [2.24, 2.45) is 11.8 Å². The van der Waals surface area contributed by atoms with Crippen LogP contribution in [0.3, 0.4) is 0 Å². The first-order valence-corrected chi connectivity index (χ1v) is 12.0. The van der Waals surface area contributed by atoms with Gasteiger partial charge in [0.05, 0.1) is 12.5 Å². The molecule has 1 aromatic carbocycles. The van der Waals surface area contributed by atoms with Crippen molar-refractivity contribution in [2.75, 3.05) is 6.61 Å². The average molecular weight is 504 g/mol. The molecule has 0 aliphatic carbocycles. The minimum Gasteiger partial charge on any atom is -0.490 e. The van der Waals surface area contributed by atoms with Gasteiger partial charge in [0.15, 0.2) is 17.2 Å². The van der Waals surface area contributed by atoms with E-state index in [-0.39, 0.29) is 29.5 Å². The van der Waals surface area contributed by atoms with Gasteiger partial charge in [-0.15, -0.1) is 0 Å². The van der Waals surface area contributed by atoms with E-state index >= 15 is 0 Å². The highest BCUT2D eigenvalue weighted by Crippen LogP contribution is 2.31. The molecule has 0 N–H and O–H groups in total. The van der Waals surface area contributed by atoms with Gasteiger partial charge in [0.1, 0.15) is 23.8 Å². The number of hydrogen-bond acceptors (Lipinski definition) is 8. The van der Waals surface area contributed by atoms with Crippen molar-refractivity contribution >= 4 is 17.7 Å². The highest BCUT2D eigenvalue weighted by Gasteiger charge is 2.29. The summed E-state index contributed by atoms with van der Waals surface area (Å²) in [7, 11) is 0. The smallest absolute Gasteiger partial charge is 0.309 e. The number of benzene rings is 1. The van der Waals surface area contributed by atoms with Crippen LogP contribution in [0.4, 0.5) is 4.39 Å². The van der Waals surface area contributed by atoms with Gasteiger partial charge in [0.25, 0.3) is 0 Å². The summed E-state index contributed by atoms with van der Waals surface area (Å²) in [5.74, 6) is -2.26. The number of carbonyl (C=O) groups is 3. The first kappa shape index (κ1) is 28.7. The molecule has 2 aromatic rings. The number of hydrogen-bond donors (Lipinski definition) is 0. The van der Waals surface area contributed by atoms with Gasteiger partial charge in [0, 0.05) is 31.7 Å². The van der Waals surface area contributed by atoms with E-state index in [1.807, 2.05) is 13.8 Å². The molecule has 0 amide bonds. The van der Waals surface area contributed by atoms with Gasteiger partial charge in [-0.25, -0.2) is 9.37 Å². The summed E-state index contributed by atoms with van der Waals surface area (Å²) in [5, 5.41) is 0. The molecular formula is C27H34FNO7. The Bertz CT molecular complexity index is 1060. The lowest BCUT2D eigenvalue weighted by molar-refractivity contribution is -0.157. The molecule has 1 aromatic heterocycles. The van der Waals surface area contributed by atoms with Crippen molar-refractivity contribution in [3.63, 3.8) is 0 Å². The maximum Gasteiger partial charge on any atom is 0.309 e. The second-order valence-electron chi connectivity index (χ2n) is 8.93. The van der Waals surface area contributed by atoms with Gasteiger partial charge in [-0.05, 0) is 38.3 Å². The third kappa shape index (κ3) is 8.62. The first-order chi connectivity index (χ1) is 17.0. The van der Waals surface area contributed by atoms with Crippen molar-refractivity contribution < 1.29 is 37.7 Å². The summed E-state index contributed by atoms with van der Waals surface area (Å²) in [6, 6.07) is 7.26. The van der Waals surface area contributed by atoms with Crippen LogP contribution in [0.5, 0.6) is 17.2 Å². The molecule has 0 saturated carbocycles. The lowest BCUT2D eigenvalue weighted by atomic mass is 10.0. The van der Waals surface area contributed by atoms with Crippen LogP contribution in [-0.2, 0) is 14.3 Å². The third-order valence-electron chi connectivity index (χ3n) is 5.18. The number of rotatable bonds is 13. The minimum atomic E-state index is -0.809. The summed E-state index contributed by atoms with van der Waals surface area (Å²) in [6.45, 7) is 10.5. The second kappa shape index (κ2) is 13.6. The number of ketones is 1. The van der Waals surface area contributed by atoms with Crippen molar-refractivity contribution in [2.45, 2.75) is 66.6 Å². The van der Waals surface area contributed by atoms with Crippen molar-refractivity contribution in [3.05, 3.63) is 48.0 Å². The van der Waals surface area contributed by atoms with Crippen molar-refractivity contribution in [3.8, 4) is 17.2 Å². The number of nitrogens with zero attached hydrogens (tertiary/aromatic N) is 1. The number of ether oxygens (including phenoxy) is 4. The number of halogens is 1. The van der Waals surface area contributed by atoms with E-state index < -0.39 is 41.7 Å². The van der Waals surface area contributed by atoms with E-state index in [9.17, 15) is 18.8 Å². The van der Waals surface area contributed by atoms with E-state index in [1.54, 1.807) is 32.9 Å². The Morgan fingerprint density at radius 3 is 2.42 bits per heavy atom. The molecule has 9 heteroatoms. The fourth-order valence-corrected chi connectivity index (χ4v) is 3.49. The van der Waals surface area contributed by atoms with Crippen LogP contribution in [0.25, 0.3) is 0 Å². The average Bonchev–Trinajstić information content (AvgIpc) is 2.79. The van der Waals surface area contributed by atoms with Crippen LogP contribution < -0.4 is 14.2 Å². The zero-order chi connectivity index (χ0) is 26.8. The van der Waals surface area contributed by atoms with Gasteiger partial charge < -0.3 is 18.9 Å². The number of carbonyl (C=O) groups excluding carboxylic acids is 3. The highest BCUT2D eigenvalue weighted by atomic mass is 19.1. The maximum absolute atomic E-state index is 13.6. The number of Topliss-reactive ketones (excluding diaryl/α,β-unsaturated/α-hetero) is 1. The van der Waals surface area contributed by atoms with Crippen molar-refractivity contribution in [1.29, 1.82) is 0 Å². The molecule has 196 valence electrons. The summed E-state index contributed by atoms with van der Waals surface area (Å²) >= 11 is 0. The molecule has 8 nitrogen and oxygen atoms in total. The Labute approximate surface area is 211 Å². The van der Waals surface area contributed by atoms with E-state index in [2.05, 4.69) is 4.98 Å². The standard InChI is InChI=1S/C27H34FNO7/c1-7-33-23-11-12-29-25(26(23)35-19(6)30)22(31)14-17(4)27(32)34-18(5)24(13-16(2)3)36-21-10-8-9-20(28)15-21/h8-12,15-18,24H,7,13-14H2,1-6H3/t17-,18+,24-/m1/s1. The summed E-state index contributed by atoms with van der Waals surface area (Å²) in [4.78, 5) is 41.4. The van der Waals surface area contributed by atoms with Crippen LogP contribution in [0.15, 0.2) is 36.5 Å². The molecular weight excluding hydrogens is 469 g/mol. The van der Waals surface area contributed by atoms with E-state index in [0.29, 0.717) is 18.8 Å². The lowest BCUT2D eigenvalue weighted by Gasteiger charge is -2.27. The predicted molar refractivity (Wildman–Crippen MR) is 131 cm³/mol. The van der Waals surface area contributed by atoms with Gasteiger partial charge in [-0.1, -0.05) is 26.8 Å². The zero-order valence-corrected chi connectivity index (χ0v) is 21.6. The second-order valence-corrected chi connectivity index (χ2v) is 8.93. The van der Waals surface area contributed by atoms with Crippen LogP contribution in [0, 0.1) is 17.7 Å². The number of aromatic nitrogens is 1. The quantitative estimate of drug-likeness (QED) is 0.272. The molecule has 0 radical (unpaired) electrons. The summed E-state index contributed by atoms with van der Waals surface area (Å²) in [5.41, 5.74) is -0.101. The van der Waals surface area contributed by atoms with E-state index in [4.69, 9.17) is 18.9 Å². The van der Waals surface area contributed by atoms with E-state index in [1.165, 1.54) is 31.3 Å². The summed E-state index contributed by atoms with van der Waals surface area (Å²) < 4.78 is 35.8. The number of pyridine rings is 1. The molecule has 0 saturated heterocycles.